The molecule has 14 nitrogen and oxygen atoms in total. The standard InChI is InChI=1S/C18H23N3O11S4/c1-12(22)21(6-8-29-31-33-13-2-4-16(20)18(10-13)36(26,27)28)7-9-35(24,25)14-3-5-15(19)17(11-14)34-32-30-23/h2-5,10-11,23H,6-9,19-20H2,1H3,(H,26,27,28). The Bertz CT molecular complexity index is 1270. The first-order valence-electron chi connectivity index (χ1n) is 9.71. The van der Waals surface area contributed by atoms with Crippen LogP contribution in [0, 0.1) is 0 Å². The van der Waals surface area contributed by atoms with E-state index >= 15 is 0 Å². The number of anilines is 2. The molecule has 0 unspecified atom stereocenters. The molecule has 0 heterocycles. The molecule has 0 aliphatic heterocycles. The second-order valence-corrected chi connectivity index (χ2v) is 11.9. The van der Waals surface area contributed by atoms with E-state index in [0.717, 1.165) is 6.07 Å². The fraction of sp³-hybridized carbons (Fsp3) is 0.278. The fourth-order valence-electron chi connectivity index (χ4n) is 2.64. The number of nitrogen functional groups attached to an aromatic ring is 2. The highest BCUT2D eigenvalue weighted by molar-refractivity contribution is 7.95. The van der Waals surface area contributed by atoms with Gasteiger partial charge < -0.3 is 16.4 Å². The topological polar surface area (TPSA) is 218 Å². The minimum atomic E-state index is -4.52. The van der Waals surface area contributed by atoms with Gasteiger partial charge in [-0.05, 0) is 36.4 Å². The van der Waals surface area contributed by atoms with Crippen molar-refractivity contribution in [2.45, 2.75) is 26.5 Å². The maximum absolute atomic E-state index is 12.7. The van der Waals surface area contributed by atoms with Gasteiger partial charge in [0.15, 0.2) is 9.84 Å². The summed E-state index contributed by atoms with van der Waals surface area (Å²) in [5.41, 5.74) is 11.3. The van der Waals surface area contributed by atoms with E-state index in [1.807, 2.05) is 0 Å². The monoisotopic (exact) mass is 585 g/mol. The molecule has 0 fully saturated rings. The molecule has 0 bridgehead atoms. The van der Waals surface area contributed by atoms with Crippen LogP contribution in [0.1, 0.15) is 6.92 Å². The lowest BCUT2D eigenvalue weighted by Gasteiger charge is -2.20. The summed E-state index contributed by atoms with van der Waals surface area (Å²) in [5, 5.41) is 11.7. The molecule has 2 rings (SSSR count). The summed E-state index contributed by atoms with van der Waals surface area (Å²) in [6.45, 7) is 0.979. The Balaban J connectivity index is 1.89. The fourth-order valence-corrected chi connectivity index (χ4v) is 5.63. The smallest absolute Gasteiger partial charge is 0.296 e. The van der Waals surface area contributed by atoms with Crippen molar-refractivity contribution in [3.8, 4) is 0 Å². The molecular weight excluding hydrogens is 562 g/mol. The van der Waals surface area contributed by atoms with E-state index in [2.05, 4.69) is 9.37 Å². The van der Waals surface area contributed by atoms with Crippen molar-refractivity contribution >= 4 is 61.3 Å². The molecule has 2 aromatic carbocycles. The minimum absolute atomic E-state index is 0.00601. The Morgan fingerprint density at radius 3 is 2.33 bits per heavy atom. The van der Waals surface area contributed by atoms with Crippen molar-refractivity contribution in [2.24, 2.45) is 0 Å². The highest BCUT2D eigenvalue weighted by Gasteiger charge is 2.20. The number of carbonyl (C=O) groups excluding carboxylic acids is 1. The number of benzene rings is 2. The van der Waals surface area contributed by atoms with Gasteiger partial charge in [0, 0.05) is 30.6 Å². The van der Waals surface area contributed by atoms with E-state index in [1.54, 1.807) is 0 Å². The predicted molar refractivity (Wildman–Crippen MR) is 129 cm³/mol. The van der Waals surface area contributed by atoms with Crippen LogP contribution in [0.15, 0.2) is 56.0 Å². The molecule has 36 heavy (non-hydrogen) atoms. The highest BCUT2D eigenvalue weighted by atomic mass is 32.2. The van der Waals surface area contributed by atoms with Crippen molar-refractivity contribution in [2.75, 3.05) is 36.9 Å². The summed E-state index contributed by atoms with van der Waals surface area (Å²) in [6.07, 6.45) is 0. The summed E-state index contributed by atoms with van der Waals surface area (Å²) in [7, 11) is -8.34. The quantitative estimate of drug-likeness (QED) is 0.0620. The number of rotatable bonds is 14. The molecule has 0 radical (unpaired) electrons. The van der Waals surface area contributed by atoms with Crippen molar-refractivity contribution in [3.05, 3.63) is 36.4 Å². The lowest BCUT2D eigenvalue weighted by atomic mass is 10.3. The molecule has 0 spiro atoms. The molecule has 2 aromatic rings. The number of carbonyl (C=O) groups is 1. The Morgan fingerprint density at radius 2 is 1.69 bits per heavy atom. The Kier molecular flexibility index (Phi) is 11.2. The molecule has 200 valence electrons. The number of hydrogen-bond donors (Lipinski definition) is 4. The van der Waals surface area contributed by atoms with E-state index < -0.39 is 36.5 Å². The number of nitrogens with zero attached hydrogens (tertiary/aromatic N) is 1. The van der Waals surface area contributed by atoms with Gasteiger partial charge in [0.2, 0.25) is 5.91 Å². The maximum atomic E-state index is 12.7. The molecule has 6 N–H and O–H groups in total. The summed E-state index contributed by atoms with van der Waals surface area (Å²) >= 11 is 1.16. The van der Waals surface area contributed by atoms with Gasteiger partial charge >= 0.3 is 0 Å². The van der Waals surface area contributed by atoms with E-state index in [1.165, 1.54) is 42.2 Å². The zero-order valence-electron chi connectivity index (χ0n) is 18.6. The molecule has 0 aliphatic rings. The number of sulfone groups is 1. The van der Waals surface area contributed by atoms with Gasteiger partial charge in [0.25, 0.3) is 10.1 Å². The van der Waals surface area contributed by atoms with Crippen LogP contribution in [0.5, 0.6) is 0 Å². The molecule has 0 atom stereocenters. The van der Waals surface area contributed by atoms with Gasteiger partial charge in [-0.2, -0.15) is 12.8 Å². The van der Waals surface area contributed by atoms with E-state index in [0.29, 0.717) is 24.1 Å². The van der Waals surface area contributed by atoms with Crippen LogP contribution in [0.25, 0.3) is 0 Å². The first-order valence-corrected chi connectivity index (χ1v) is 14.3. The van der Waals surface area contributed by atoms with Crippen molar-refractivity contribution in [1.29, 1.82) is 0 Å². The molecule has 0 aromatic heterocycles. The van der Waals surface area contributed by atoms with Crippen LogP contribution < -0.4 is 11.5 Å². The average Bonchev–Trinajstić information content (AvgIpc) is 2.80. The van der Waals surface area contributed by atoms with Gasteiger partial charge in [-0.25, -0.2) is 18.6 Å². The minimum Gasteiger partial charge on any atom is -0.398 e. The number of hydrogen-bond acceptors (Lipinski definition) is 14. The summed E-state index contributed by atoms with van der Waals surface area (Å²) in [4.78, 5) is 18.0. The average molecular weight is 586 g/mol. The third-order valence-corrected chi connectivity index (χ3v) is 8.33. The zero-order valence-corrected chi connectivity index (χ0v) is 21.9. The van der Waals surface area contributed by atoms with E-state index in [9.17, 15) is 21.6 Å². The van der Waals surface area contributed by atoms with Crippen LogP contribution >= 0.6 is 24.1 Å². The maximum Gasteiger partial charge on any atom is 0.296 e. The third-order valence-electron chi connectivity index (χ3n) is 4.46. The normalized spacial score (nSPS) is 12.0. The second kappa shape index (κ2) is 13.4. The molecule has 18 heteroatoms. The molecular formula is C18H23N3O11S4. The molecule has 0 saturated heterocycles. The molecule has 1 amide bonds. The Morgan fingerprint density at radius 1 is 1.00 bits per heavy atom. The largest absolute Gasteiger partial charge is 0.398 e. The summed E-state index contributed by atoms with van der Waals surface area (Å²) in [5.74, 6) is -0.808. The van der Waals surface area contributed by atoms with E-state index in [4.69, 9.17) is 30.5 Å². The van der Waals surface area contributed by atoms with Gasteiger partial charge in [-0.1, -0.05) is 5.04 Å². The highest BCUT2D eigenvalue weighted by Crippen LogP contribution is 2.29. The SMILES string of the molecule is CC(=O)N(CCOOSc1ccc(N)c(S(=O)(=O)O)c1)CCS(=O)(=O)c1ccc(N)c(SOOO)c1. The van der Waals surface area contributed by atoms with Crippen molar-refractivity contribution in [1.82, 2.24) is 4.90 Å². The second-order valence-electron chi connectivity index (χ2n) is 6.90. The van der Waals surface area contributed by atoms with Crippen molar-refractivity contribution in [3.63, 3.8) is 0 Å². The lowest BCUT2D eigenvalue weighted by Crippen LogP contribution is -2.36. The lowest BCUT2D eigenvalue weighted by molar-refractivity contribution is -0.432. The van der Waals surface area contributed by atoms with Gasteiger partial charge in [0.05, 0.1) is 45.3 Å². The van der Waals surface area contributed by atoms with Crippen molar-refractivity contribution < 1.29 is 50.0 Å². The molecule has 0 saturated carbocycles. The zero-order chi connectivity index (χ0) is 26.9. The Labute approximate surface area is 215 Å². The van der Waals surface area contributed by atoms with Gasteiger partial charge in [0.1, 0.15) is 11.5 Å². The predicted octanol–water partition coefficient (Wildman–Crippen LogP) is 1.80. The third kappa shape index (κ3) is 9.07. The Hall–Kier alpha value is -2.13. The van der Waals surface area contributed by atoms with Crippen LogP contribution in [0.2, 0.25) is 0 Å². The summed E-state index contributed by atoms with van der Waals surface area (Å²) in [6, 6.07) is 7.69. The van der Waals surface area contributed by atoms with Crippen LogP contribution in [0.4, 0.5) is 11.4 Å². The van der Waals surface area contributed by atoms with Crippen LogP contribution in [0.3, 0.4) is 0 Å². The molecule has 0 aliphatic carbocycles. The first kappa shape index (κ1) is 30.1. The van der Waals surface area contributed by atoms with Gasteiger partial charge in [-0.3, -0.25) is 9.35 Å². The van der Waals surface area contributed by atoms with Gasteiger partial charge in [-0.15, -0.1) is 4.33 Å². The van der Waals surface area contributed by atoms with E-state index in [-0.39, 0.29) is 45.8 Å². The first-order chi connectivity index (χ1) is 16.8. The summed E-state index contributed by atoms with van der Waals surface area (Å²) < 4.78 is 66.4. The number of amides is 1. The van der Waals surface area contributed by atoms with Crippen LogP contribution in [-0.4, -0.2) is 62.9 Å². The number of nitrogens with two attached hydrogens (primary N) is 2. The van der Waals surface area contributed by atoms with Crippen LogP contribution in [-0.2, 0) is 43.3 Å².